The van der Waals surface area contributed by atoms with Crippen LogP contribution in [0.4, 0.5) is 0 Å². The van der Waals surface area contributed by atoms with E-state index in [-0.39, 0.29) is 0 Å². The molecule has 524 valence electrons. The Hall–Kier alpha value is 0.966. The average molecular weight is 1290 g/mol. The number of rotatable bonds is 80. The summed E-state index contributed by atoms with van der Waals surface area (Å²) in [6, 6.07) is 10.6. The Balaban J connectivity index is 6.71. The van der Waals surface area contributed by atoms with Gasteiger partial charge in [0.25, 0.3) is 0 Å². The monoisotopic (exact) mass is 1290 g/mol. The molecular weight excluding hydrogens is 1120 g/mol. The second kappa shape index (κ2) is 76.0. The van der Waals surface area contributed by atoms with Gasteiger partial charge in [-0.3, -0.25) is 0 Å². The van der Waals surface area contributed by atoms with Crippen LogP contribution >= 0.6 is 0 Å². The summed E-state index contributed by atoms with van der Waals surface area (Å²) in [5.74, 6) is 0. The normalized spacial score (nSPS) is 12.2. The van der Waals surface area contributed by atoms with Crippen molar-refractivity contribution in [3.8, 4) is 0 Å². The molecule has 0 saturated heterocycles. The molecule has 0 bridgehead atoms. The Bertz CT molecular complexity index is 973. The quantitative estimate of drug-likeness (QED) is 0.0421. The molecule has 0 radical (unpaired) electrons. The van der Waals surface area contributed by atoms with Gasteiger partial charge in [0.2, 0.25) is 0 Å². The first-order chi connectivity index (χ1) is 43.1. The van der Waals surface area contributed by atoms with Crippen LogP contribution in [0.25, 0.3) is 0 Å². The second-order valence-corrected chi connectivity index (χ2v) is 49.8. The van der Waals surface area contributed by atoms with E-state index in [9.17, 15) is 0 Å². The van der Waals surface area contributed by atoms with Crippen molar-refractivity contribution in [2.75, 3.05) is 0 Å². The molecule has 0 unspecified atom stereocenters. The van der Waals surface area contributed by atoms with Crippen LogP contribution in [-0.2, 0) is 13.9 Å². The fraction of sp³-hybridized carbons (Fsp3) is 1.00. The van der Waals surface area contributed by atoms with Crippen molar-refractivity contribution < 1.29 is 13.9 Å². The molecule has 0 aliphatic heterocycles. The molecule has 0 spiro atoms. The molecular formula is C84H174CrSi2. The molecule has 0 amide bonds. The predicted octanol–water partition coefficient (Wildman–Crippen LogP) is 33.2. The third-order valence-corrected chi connectivity index (χ3v) is 50.3. The number of unbranched alkanes of at least 4 members (excludes halogenated alkanes) is 66. The molecule has 0 nitrogen and oxygen atoms in total. The molecule has 0 aromatic carbocycles. The van der Waals surface area contributed by atoms with Gasteiger partial charge in [-0.1, -0.05) is 119 Å². The zero-order chi connectivity index (χ0) is 62.9. The standard InChI is InChI=1S/2C42H87Si.Cr/c2*1-4-7-10-13-16-19-22-25-28-31-34-37-40-43(41-38-35-32-29-26-23-20-17-14-11-8-5-2)42-39-36-33-30-27-24-21-18-15-12-9-6-3;/h2*4-42H2,1-3H3;. The molecule has 0 rings (SSSR count). The summed E-state index contributed by atoms with van der Waals surface area (Å²) < 4.78 is 0. The number of hydrogen-bond donors (Lipinski definition) is 0. The summed E-state index contributed by atoms with van der Waals surface area (Å²) >= 11 is 1.01. The van der Waals surface area contributed by atoms with E-state index >= 15 is 0 Å². The third-order valence-electron chi connectivity index (χ3n) is 21.3. The van der Waals surface area contributed by atoms with E-state index in [1.54, 1.807) is 152 Å². The van der Waals surface area contributed by atoms with E-state index in [2.05, 4.69) is 41.5 Å². The first-order valence-corrected chi connectivity index (χ1v) is 51.7. The summed E-state index contributed by atoms with van der Waals surface area (Å²) in [5, 5.41) is 0. The van der Waals surface area contributed by atoms with Gasteiger partial charge in [0.15, 0.2) is 0 Å². The van der Waals surface area contributed by atoms with Crippen LogP contribution in [0.15, 0.2) is 0 Å². The SMILES string of the molecule is CCCCCCCCCCCCCC[Si](CCCCCCCCCCCCCC)(CCCCCCCCCCCCCC)[Cr][Si](CCCCCCCCCCCCCC)(CCCCCCCCCCCCCC)CCCCCCCCCCCCCC. The van der Waals surface area contributed by atoms with Gasteiger partial charge in [-0.2, -0.15) is 0 Å². The van der Waals surface area contributed by atoms with Crippen molar-refractivity contribution in [2.45, 2.75) is 540 Å². The smallest absolute Gasteiger partial charge is 0.0654 e. The van der Waals surface area contributed by atoms with E-state index in [0.29, 0.717) is 0 Å². The van der Waals surface area contributed by atoms with Gasteiger partial charge < -0.3 is 0 Å². The zero-order valence-electron chi connectivity index (χ0n) is 62.6. The molecule has 0 N–H and O–H groups in total. The molecule has 0 aliphatic carbocycles. The number of hydrogen-bond acceptors (Lipinski definition) is 0. The average Bonchev–Trinajstić information content (AvgIpc) is 3.58. The van der Waals surface area contributed by atoms with E-state index in [1.807, 2.05) is 0 Å². The first-order valence-electron chi connectivity index (χ1n) is 42.8. The molecule has 0 heterocycles. The Morgan fingerprint density at radius 3 is 0.287 bits per heavy atom. The van der Waals surface area contributed by atoms with Gasteiger partial charge in [-0.05, 0) is 0 Å². The maximum atomic E-state index is 2.37. The van der Waals surface area contributed by atoms with Gasteiger partial charge in [-0.25, -0.2) is 0 Å². The summed E-state index contributed by atoms with van der Waals surface area (Å²) in [6.45, 7) is 11.4. The summed E-state index contributed by atoms with van der Waals surface area (Å²) in [7, 11) is 0. The minimum Gasteiger partial charge on any atom is -0.0654 e. The molecule has 0 atom stereocenters. The summed E-state index contributed by atoms with van der Waals surface area (Å²) in [5.41, 5.74) is 0. The van der Waals surface area contributed by atoms with Gasteiger partial charge in [0.1, 0.15) is 0 Å². The van der Waals surface area contributed by atoms with E-state index in [0.717, 1.165) is 13.9 Å². The minimum absolute atomic E-state index is 1.01. The summed E-state index contributed by atoms with van der Waals surface area (Å²) in [4.78, 5) is 0. The molecule has 0 aromatic rings. The Kier molecular flexibility index (Phi) is 76.8. The van der Waals surface area contributed by atoms with Crippen LogP contribution < -0.4 is 0 Å². The third kappa shape index (κ3) is 66.8. The van der Waals surface area contributed by atoms with Crippen LogP contribution in [0.3, 0.4) is 0 Å². The predicted molar refractivity (Wildman–Crippen MR) is 407 cm³/mol. The van der Waals surface area contributed by atoms with Crippen molar-refractivity contribution in [2.24, 2.45) is 0 Å². The zero-order valence-corrected chi connectivity index (χ0v) is 65.8. The Labute approximate surface area is 563 Å². The molecule has 0 aliphatic rings. The fourth-order valence-electron chi connectivity index (χ4n) is 15.2. The first kappa shape index (κ1) is 88.0. The Morgan fingerprint density at radius 1 is 0.115 bits per heavy atom. The van der Waals surface area contributed by atoms with Crippen LogP contribution in [0, 0.1) is 0 Å². The van der Waals surface area contributed by atoms with E-state index in [1.165, 1.54) is 347 Å². The molecule has 0 fully saturated rings. The van der Waals surface area contributed by atoms with Crippen LogP contribution in [0.1, 0.15) is 504 Å². The fourth-order valence-corrected chi connectivity index (χ4v) is 53.8. The van der Waals surface area contributed by atoms with Gasteiger partial charge in [0, 0.05) is 0 Å². The van der Waals surface area contributed by atoms with Gasteiger partial charge in [0.05, 0.1) is 0 Å². The molecule has 3 heteroatoms. The van der Waals surface area contributed by atoms with Crippen LogP contribution in [-0.4, -0.2) is 13.3 Å². The molecule has 0 aromatic heterocycles. The Morgan fingerprint density at radius 2 is 0.195 bits per heavy atom. The topological polar surface area (TPSA) is 0 Å². The van der Waals surface area contributed by atoms with Crippen molar-refractivity contribution in [1.29, 1.82) is 0 Å². The summed E-state index contributed by atoms with van der Waals surface area (Å²) in [6.07, 6.45) is 109. The van der Waals surface area contributed by atoms with Crippen LogP contribution in [0.5, 0.6) is 0 Å². The van der Waals surface area contributed by atoms with Crippen molar-refractivity contribution in [3.63, 3.8) is 0 Å². The van der Waals surface area contributed by atoms with Crippen molar-refractivity contribution in [3.05, 3.63) is 0 Å². The second-order valence-electron chi connectivity index (χ2n) is 30.3. The van der Waals surface area contributed by atoms with Gasteiger partial charge in [-0.15, -0.1) is 0 Å². The molecule has 0 saturated carbocycles. The molecule has 87 heavy (non-hydrogen) atoms. The van der Waals surface area contributed by atoms with Crippen molar-refractivity contribution >= 4 is 13.3 Å². The maximum absolute atomic E-state index is 2.37. The van der Waals surface area contributed by atoms with Crippen molar-refractivity contribution in [1.82, 2.24) is 0 Å². The van der Waals surface area contributed by atoms with E-state index in [4.69, 9.17) is 0 Å². The minimum atomic E-state index is -1.41. The van der Waals surface area contributed by atoms with Gasteiger partial charge >= 0.3 is 449 Å². The van der Waals surface area contributed by atoms with E-state index < -0.39 is 13.3 Å². The van der Waals surface area contributed by atoms with Crippen LogP contribution in [0.2, 0.25) is 36.3 Å².